The number of halogens is 2. The maximum absolute atomic E-state index is 15.1. The number of aromatic nitrogens is 2. The average molecular weight is 663 g/mol. The molecule has 2 amide bonds. The molecule has 10 nitrogen and oxygen atoms in total. The van der Waals surface area contributed by atoms with Gasteiger partial charge in [0.05, 0.1) is 38.1 Å². The monoisotopic (exact) mass is 662 g/mol. The first-order chi connectivity index (χ1) is 22.6. The van der Waals surface area contributed by atoms with Crippen LogP contribution in [0.25, 0.3) is 11.1 Å². The van der Waals surface area contributed by atoms with Crippen LogP contribution < -0.4 is 19.7 Å². The summed E-state index contributed by atoms with van der Waals surface area (Å²) in [7, 11) is 0. The first-order valence-corrected chi connectivity index (χ1v) is 15.8. The van der Waals surface area contributed by atoms with Crippen molar-refractivity contribution in [1.29, 1.82) is 0 Å². The lowest BCUT2D eigenvalue weighted by molar-refractivity contribution is -0.136. The summed E-state index contributed by atoms with van der Waals surface area (Å²) in [4.78, 5) is 38.2. The molecule has 12 heteroatoms. The third kappa shape index (κ3) is 8.10. The van der Waals surface area contributed by atoms with E-state index in [0.29, 0.717) is 56.0 Å². The molecule has 0 spiro atoms. The molecule has 2 N–H and O–H groups in total. The summed E-state index contributed by atoms with van der Waals surface area (Å²) < 4.78 is 28.7. The number of aliphatic carboxylic acids is 1. The number of carboxylic acids is 1. The maximum Gasteiger partial charge on any atom is 0.305 e. The van der Waals surface area contributed by atoms with Gasteiger partial charge >= 0.3 is 5.97 Å². The van der Waals surface area contributed by atoms with E-state index in [1.807, 2.05) is 50.2 Å². The fourth-order valence-electron chi connectivity index (χ4n) is 5.34. The second-order valence-corrected chi connectivity index (χ2v) is 11.7. The van der Waals surface area contributed by atoms with Crippen LogP contribution >= 0.6 is 11.6 Å². The van der Waals surface area contributed by atoms with Crippen LogP contribution in [0.15, 0.2) is 60.9 Å². The Labute approximate surface area is 277 Å². The number of nitrogens with zero attached hydrogens (tertiary/aromatic N) is 3. The molecular formula is C35H36ClFN4O6. The Bertz CT molecular complexity index is 1770. The highest BCUT2D eigenvalue weighted by atomic mass is 35.5. The van der Waals surface area contributed by atoms with Crippen molar-refractivity contribution in [3.63, 3.8) is 0 Å². The number of carboxylic acid groups (broad SMARTS) is 1. The van der Waals surface area contributed by atoms with Crippen molar-refractivity contribution in [2.75, 3.05) is 31.2 Å². The fraction of sp³-hybridized carbons (Fsp3) is 0.314. The zero-order chi connectivity index (χ0) is 33.5. The predicted octanol–water partition coefficient (Wildman–Crippen LogP) is 6.19. The minimum absolute atomic E-state index is 0.00375. The van der Waals surface area contributed by atoms with Gasteiger partial charge in [-0.05, 0) is 62.1 Å². The predicted molar refractivity (Wildman–Crippen MR) is 176 cm³/mol. The molecule has 0 fully saturated rings. The number of hydrogen-bond donors (Lipinski definition) is 2. The van der Waals surface area contributed by atoms with Gasteiger partial charge in [-0.25, -0.2) is 4.39 Å². The number of carbonyl (C=O) groups excluding carboxylic acids is 2. The van der Waals surface area contributed by atoms with Gasteiger partial charge in [0, 0.05) is 53.0 Å². The van der Waals surface area contributed by atoms with Gasteiger partial charge in [-0.3, -0.25) is 19.1 Å². The van der Waals surface area contributed by atoms with Gasteiger partial charge in [-0.1, -0.05) is 35.9 Å². The largest absolute Gasteiger partial charge is 0.493 e. The van der Waals surface area contributed by atoms with Crippen LogP contribution in [0, 0.1) is 19.7 Å². The van der Waals surface area contributed by atoms with E-state index in [9.17, 15) is 14.4 Å². The van der Waals surface area contributed by atoms with E-state index in [1.54, 1.807) is 17.3 Å². The maximum atomic E-state index is 15.1. The quantitative estimate of drug-likeness (QED) is 0.174. The molecular weight excluding hydrogens is 627 g/mol. The molecule has 0 saturated heterocycles. The van der Waals surface area contributed by atoms with Crippen LogP contribution in [0.2, 0.25) is 5.02 Å². The fourth-order valence-corrected chi connectivity index (χ4v) is 5.60. The Morgan fingerprint density at radius 2 is 1.94 bits per heavy atom. The lowest BCUT2D eigenvalue weighted by Gasteiger charge is -2.23. The molecule has 0 radical (unpaired) electrons. The zero-order valence-electron chi connectivity index (χ0n) is 26.2. The van der Waals surface area contributed by atoms with E-state index in [0.717, 1.165) is 28.5 Å². The summed E-state index contributed by atoms with van der Waals surface area (Å²) in [5.74, 6) is -0.981. The van der Waals surface area contributed by atoms with Crippen molar-refractivity contribution in [2.45, 2.75) is 46.1 Å². The molecule has 0 atom stereocenters. The number of anilines is 1. The van der Waals surface area contributed by atoms with Crippen molar-refractivity contribution < 1.29 is 33.4 Å². The van der Waals surface area contributed by atoms with Crippen LogP contribution in [0.4, 0.5) is 10.1 Å². The normalized spacial score (nSPS) is 12.6. The number of ether oxygens (including phenoxy) is 2. The zero-order valence-corrected chi connectivity index (χ0v) is 27.0. The van der Waals surface area contributed by atoms with Crippen LogP contribution in [-0.2, 0) is 16.1 Å². The number of aryl methyl sites for hydroxylation is 1. The summed E-state index contributed by atoms with van der Waals surface area (Å²) >= 11 is 6.36. The van der Waals surface area contributed by atoms with Crippen molar-refractivity contribution in [3.8, 4) is 22.6 Å². The summed E-state index contributed by atoms with van der Waals surface area (Å²) in [6, 6.07) is 14.0. The molecule has 0 unspecified atom stereocenters. The third-order valence-corrected chi connectivity index (χ3v) is 8.34. The number of fused-ring (bicyclic) bond motifs is 1. The van der Waals surface area contributed by atoms with Crippen molar-refractivity contribution in [3.05, 3.63) is 94.0 Å². The molecule has 1 aromatic heterocycles. The van der Waals surface area contributed by atoms with E-state index >= 15 is 4.39 Å². The van der Waals surface area contributed by atoms with Crippen LogP contribution in [0.5, 0.6) is 11.5 Å². The van der Waals surface area contributed by atoms with Gasteiger partial charge in [0.2, 0.25) is 5.91 Å². The Morgan fingerprint density at radius 1 is 1.13 bits per heavy atom. The highest BCUT2D eigenvalue weighted by Gasteiger charge is 2.25. The van der Waals surface area contributed by atoms with E-state index < -0.39 is 17.7 Å². The Morgan fingerprint density at radius 3 is 2.72 bits per heavy atom. The highest BCUT2D eigenvalue weighted by molar-refractivity contribution is 6.31. The molecule has 1 aliphatic heterocycles. The molecule has 246 valence electrons. The van der Waals surface area contributed by atoms with Gasteiger partial charge in [-0.15, -0.1) is 0 Å². The van der Waals surface area contributed by atoms with E-state index in [1.165, 1.54) is 10.7 Å². The molecule has 1 aliphatic rings. The molecule has 0 bridgehead atoms. The molecule has 47 heavy (non-hydrogen) atoms. The summed E-state index contributed by atoms with van der Waals surface area (Å²) in [6.45, 7) is 5.36. The van der Waals surface area contributed by atoms with Gasteiger partial charge in [0.15, 0.2) is 5.75 Å². The topological polar surface area (TPSA) is 123 Å². The first kappa shape index (κ1) is 33.5. The summed E-state index contributed by atoms with van der Waals surface area (Å²) in [5.41, 5.74) is 4.51. The van der Waals surface area contributed by atoms with E-state index in [4.69, 9.17) is 26.2 Å². The summed E-state index contributed by atoms with van der Waals surface area (Å²) in [5, 5.41) is 15.6. The van der Waals surface area contributed by atoms with Gasteiger partial charge in [0.25, 0.3) is 5.91 Å². The van der Waals surface area contributed by atoms with Crippen molar-refractivity contribution >= 4 is 35.1 Å². The standard InChI is InChI=1S/C35H36ClFN4O6/c1-22-7-3-10-31(23(22)2)46-15-5-11-32(42)41-14-6-16-47-34-26(8-4-9-30(34)41)25-19-39-40(20-25)21-27-28(36)17-24(18-29(27)37)35(45)38-13-12-33(43)44/h3-4,7-10,17-20H,5-6,11-16,21H2,1-2H3,(H,38,45)(H,43,44). The SMILES string of the molecule is Cc1cccc(OCCCC(=O)N2CCCOc3c(-c4cnn(Cc5c(F)cc(C(=O)NCCC(=O)O)cc5Cl)c4)cccc32)c1C. The molecule has 4 aromatic rings. The number of hydrogen-bond acceptors (Lipinski definition) is 6. The molecule has 0 aliphatic carbocycles. The Balaban J connectivity index is 1.27. The third-order valence-electron chi connectivity index (χ3n) is 8.00. The lowest BCUT2D eigenvalue weighted by Crippen LogP contribution is -2.31. The second kappa shape index (κ2) is 15.1. The van der Waals surface area contributed by atoms with Crippen molar-refractivity contribution in [1.82, 2.24) is 15.1 Å². The van der Waals surface area contributed by atoms with Crippen molar-refractivity contribution in [2.24, 2.45) is 0 Å². The first-order valence-electron chi connectivity index (χ1n) is 15.4. The Kier molecular flexibility index (Phi) is 10.8. The number of amides is 2. The number of para-hydroxylation sites is 1. The summed E-state index contributed by atoms with van der Waals surface area (Å²) in [6.07, 6.45) is 4.68. The van der Waals surface area contributed by atoms with E-state index in [2.05, 4.69) is 10.4 Å². The van der Waals surface area contributed by atoms with Crippen LogP contribution in [0.3, 0.4) is 0 Å². The van der Waals surface area contributed by atoms with Gasteiger partial charge in [-0.2, -0.15) is 5.10 Å². The number of nitrogens with one attached hydrogen (secondary N) is 1. The molecule has 5 rings (SSSR count). The minimum Gasteiger partial charge on any atom is -0.493 e. The smallest absolute Gasteiger partial charge is 0.305 e. The van der Waals surface area contributed by atoms with Gasteiger partial charge in [0.1, 0.15) is 11.6 Å². The Hall–Kier alpha value is -4.90. The van der Waals surface area contributed by atoms with Crippen LogP contribution in [0.1, 0.15) is 52.7 Å². The molecule has 3 aromatic carbocycles. The highest BCUT2D eigenvalue weighted by Crippen LogP contribution is 2.40. The van der Waals surface area contributed by atoms with E-state index in [-0.39, 0.29) is 41.6 Å². The minimum atomic E-state index is -1.06. The number of carbonyl (C=O) groups is 3. The number of benzene rings is 3. The van der Waals surface area contributed by atoms with Gasteiger partial charge < -0.3 is 24.8 Å². The lowest BCUT2D eigenvalue weighted by atomic mass is 10.1. The number of rotatable bonds is 12. The average Bonchev–Trinajstić information content (AvgIpc) is 3.39. The molecule has 0 saturated carbocycles. The molecule has 2 heterocycles. The van der Waals surface area contributed by atoms with Crippen LogP contribution in [-0.4, -0.2) is 59.0 Å². The second-order valence-electron chi connectivity index (χ2n) is 11.3.